The molecule has 0 saturated heterocycles. The zero-order valence-corrected chi connectivity index (χ0v) is 9.49. The summed E-state index contributed by atoms with van der Waals surface area (Å²) in [6.45, 7) is 1.53. The van der Waals surface area contributed by atoms with Gasteiger partial charge in [-0.15, -0.1) is 0 Å². The third-order valence-electron chi connectivity index (χ3n) is 2.30. The van der Waals surface area contributed by atoms with Gasteiger partial charge in [-0.05, 0) is 18.1 Å². The van der Waals surface area contributed by atoms with E-state index in [0.717, 1.165) is 29.8 Å². The zero-order valence-electron chi connectivity index (χ0n) is 9.49. The highest BCUT2D eigenvalue weighted by atomic mass is 16.5. The lowest BCUT2D eigenvalue weighted by Crippen LogP contribution is -2.07. The molecule has 0 aromatic heterocycles. The number of hydrogen-bond acceptors (Lipinski definition) is 4. The highest BCUT2D eigenvalue weighted by Gasteiger charge is 2.01. The summed E-state index contributed by atoms with van der Waals surface area (Å²) in [5, 5.41) is 19.5. The van der Waals surface area contributed by atoms with Crippen LogP contribution in [-0.2, 0) is 11.3 Å². The average Bonchev–Trinajstić information content (AvgIpc) is 2.34. The van der Waals surface area contributed by atoms with E-state index < -0.39 is 0 Å². The van der Waals surface area contributed by atoms with Crippen LogP contribution < -0.4 is 5.32 Å². The van der Waals surface area contributed by atoms with Gasteiger partial charge in [0.25, 0.3) is 0 Å². The third-order valence-corrected chi connectivity index (χ3v) is 2.30. The topological polar surface area (TPSA) is 65.3 Å². The van der Waals surface area contributed by atoms with Gasteiger partial charge in [-0.1, -0.05) is 12.1 Å². The number of aliphatic hydroxyl groups is 1. The quantitative estimate of drug-likeness (QED) is 0.485. The van der Waals surface area contributed by atoms with Gasteiger partial charge in [-0.3, -0.25) is 0 Å². The molecule has 1 rings (SSSR count). The number of benzene rings is 1. The first-order valence-electron chi connectivity index (χ1n) is 5.29. The van der Waals surface area contributed by atoms with Crippen molar-refractivity contribution in [3.05, 3.63) is 29.3 Å². The Bertz CT molecular complexity index is 340. The van der Waals surface area contributed by atoms with E-state index in [2.05, 4.69) is 5.32 Å². The monoisotopic (exact) mass is 222 g/mol. The average molecular weight is 222 g/mol. The Hall–Kier alpha value is -1.39. The number of hydrogen-bond donors (Lipinski definition) is 3. The van der Waals surface area contributed by atoms with Crippen molar-refractivity contribution in [1.82, 2.24) is 0 Å². The van der Waals surface area contributed by atoms with Gasteiger partial charge in [0, 0.05) is 37.7 Å². The van der Waals surface area contributed by atoms with Crippen molar-refractivity contribution >= 4 is 11.9 Å². The van der Waals surface area contributed by atoms with Crippen molar-refractivity contribution in [1.29, 1.82) is 5.41 Å². The molecule has 4 nitrogen and oxygen atoms in total. The molecule has 0 spiro atoms. The molecule has 0 aliphatic rings. The normalized spacial score (nSPS) is 10.1. The molecule has 88 valence electrons. The molecule has 0 amide bonds. The van der Waals surface area contributed by atoms with Gasteiger partial charge in [0.2, 0.25) is 0 Å². The molecule has 0 atom stereocenters. The third kappa shape index (κ3) is 3.64. The van der Waals surface area contributed by atoms with Crippen molar-refractivity contribution in [2.75, 3.05) is 25.6 Å². The molecule has 0 radical (unpaired) electrons. The molecule has 0 saturated carbocycles. The lowest BCUT2D eigenvalue weighted by atomic mass is 10.1. The van der Waals surface area contributed by atoms with E-state index >= 15 is 0 Å². The first-order chi connectivity index (χ1) is 7.81. The minimum absolute atomic E-state index is 0.0189. The van der Waals surface area contributed by atoms with Crippen molar-refractivity contribution in [2.24, 2.45) is 0 Å². The maximum Gasteiger partial charge on any atom is 0.0682 e. The molecule has 3 N–H and O–H groups in total. The summed E-state index contributed by atoms with van der Waals surface area (Å²) in [5.74, 6) is 0. The van der Waals surface area contributed by atoms with Crippen LogP contribution in [0, 0.1) is 5.41 Å². The lowest BCUT2D eigenvalue weighted by Gasteiger charge is -2.10. The lowest BCUT2D eigenvalue weighted by molar-refractivity contribution is 0.198. The minimum atomic E-state index is 0.0189. The predicted octanol–water partition coefficient (Wildman–Crippen LogP) is 1.62. The Labute approximate surface area is 95.8 Å². The number of rotatable bonds is 7. The fourth-order valence-corrected chi connectivity index (χ4v) is 1.42. The Morgan fingerprint density at radius 2 is 2.31 bits per heavy atom. The first kappa shape index (κ1) is 12.7. The molecular formula is C12H18N2O2. The molecule has 0 bridgehead atoms. The molecule has 0 aliphatic carbocycles. The molecule has 0 unspecified atom stereocenters. The number of nitrogens with one attached hydrogen (secondary N) is 2. The second-order valence-corrected chi connectivity index (χ2v) is 3.50. The second kappa shape index (κ2) is 6.98. The Morgan fingerprint density at radius 1 is 1.50 bits per heavy atom. The maximum atomic E-state index is 9.03. The van der Waals surface area contributed by atoms with E-state index in [9.17, 15) is 0 Å². The summed E-state index contributed by atoms with van der Waals surface area (Å²) in [4.78, 5) is 0. The van der Waals surface area contributed by atoms with Gasteiger partial charge in [0.15, 0.2) is 0 Å². The summed E-state index contributed by atoms with van der Waals surface area (Å²) in [6, 6.07) is 5.52. The van der Waals surface area contributed by atoms with Crippen LogP contribution in [0.1, 0.15) is 17.5 Å². The second-order valence-electron chi connectivity index (χ2n) is 3.50. The number of anilines is 1. The highest BCUT2D eigenvalue weighted by molar-refractivity contribution is 5.85. The van der Waals surface area contributed by atoms with Gasteiger partial charge in [-0.25, -0.2) is 0 Å². The SMILES string of the molecule is COCCCNc1cc(CO)ccc1C=N. The van der Waals surface area contributed by atoms with Crippen molar-refractivity contribution < 1.29 is 9.84 Å². The number of ether oxygens (including phenoxy) is 1. The van der Waals surface area contributed by atoms with Crippen LogP contribution in [0.15, 0.2) is 18.2 Å². The Balaban J connectivity index is 2.64. The van der Waals surface area contributed by atoms with Crippen molar-refractivity contribution in [2.45, 2.75) is 13.0 Å². The summed E-state index contributed by atoms with van der Waals surface area (Å²) < 4.78 is 4.96. The standard InChI is InChI=1S/C12H18N2O2/c1-16-6-2-5-14-12-7-10(9-15)3-4-11(12)8-13/h3-4,7-8,13-15H,2,5-6,9H2,1H3. The van der Waals surface area contributed by atoms with Crippen LogP contribution in [-0.4, -0.2) is 31.6 Å². The van der Waals surface area contributed by atoms with Crippen molar-refractivity contribution in [3.63, 3.8) is 0 Å². The van der Waals surface area contributed by atoms with Crippen LogP contribution in [0.5, 0.6) is 0 Å². The molecule has 16 heavy (non-hydrogen) atoms. The fraction of sp³-hybridized carbons (Fsp3) is 0.417. The zero-order chi connectivity index (χ0) is 11.8. The van der Waals surface area contributed by atoms with Gasteiger partial charge in [0.1, 0.15) is 0 Å². The number of methoxy groups -OCH3 is 1. The van der Waals surface area contributed by atoms with Gasteiger partial charge < -0.3 is 20.6 Å². The van der Waals surface area contributed by atoms with Gasteiger partial charge >= 0.3 is 0 Å². The Morgan fingerprint density at radius 3 is 2.94 bits per heavy atom. The molecular weight excluding hydrogens is 204 g/mol. The summed E-state index contributed by atoms with van der Waals surface area (Å²) in [7, 11) is 1.68. The molecule has 4 heteroatoms. The Kier molecular flexibility index (Phi) is 5.53. The first-order valence-corrected chi connectivity index (χ1v) is 5.29. The van der Waals surface area contributed by atoms with Crippen molar-refractivity contribution in [3.8, 4) is 0 Å². The summed E-state index contributed by atoms with van der Waals surface area (Å²) >= 11 is 0. The van der Waals surface area contributed by atoms with Gasteiger partial charge in [0.05, 0.1) is 6.61 Å². The highest BCUT2D eigenvalue weighted by Crippen LogP contribution is 2.16. The van der Waals surface area contributed by atoms with Gasteiger partial charge in [-0.2, -0.15) is 0 Å². The van der Waals surface area contributed by atoms with E-state index in [1.807, 2.05) is 18.2 Å². The van der Waals surface area contributed by atoms with E-state index in [0.29, 0.717) is 6.61 Å². The maximum absolute atomic E-state index is 9.03. The molecule has 0 aliphatic heterocycles. The van der Waals surface area contributed by atoms with E-state index in [4.69, 9.17) is 15.3 Å². The van der Waals surface area contributed by atoms with E-state index in [1.165, 1.54) is 6.21 Å². The van der Waals surface area contributed by atoms with Crippen LogP contribution in [0.3, 0.4) is 0 Å². The number of aliphatic hydroxyl groups excluding tert-OH is 1. The largest absolute Gasteiger partial charge is 0.392 e. The van der Waals surface area contributed by atoms with Crippen LogP contribution >= 0.6 is 0 Å². The fourth-order valence-electron chi connectivity index (χ4n) is 1.42. The molecule has 1 aromatic rings. The minimum Gasteiger partial charge on any atom is -0.392 e. The molecule has 1 aromatic carbocycles. The van der Waals surface area contributed by atoms with E-state index in [-0.39, 0.29) is 6.61 Å². The van der Waals surface area contributed by atoms with Crippen LogP contribution in [0.4, 0.5) is 5.69 Å². The van der Waals surface area contributed by atoms with E-state index in [1.54, 1.807) is 7.11 Å². The predicted molar refractivity (Wildman–Crippen MR) is 65.2 cm³/mol. The van der Waals surface area contributed by atoms with Crippen LogP contribution in [0.25, 0.3) is 0 Å². The van der Waals surface area contributed by atoms with Crippen LogP contribution in [0.2, 0.25) is 0 Å². The summed E-state index contributed by atoms with van der Waals surface area (Å²) in [6.07, 6.45) is 2.22. The smallest absolute Gasteiger partial charge is 0.0682 e. The molecule has 0 heterocycles. The molecule has 0 fully saturated rings. The summed E-state index contributed by atoms with van der Waals surface area (Å²) in [5.41, 5.74) is 2.56.